The van der Waals surface area contributed by atoms with Gasteiger partial charge in [-0.15, -0.1) is 0 Å². The van der Waals surface area contributed by atoms with Gasteiger partial charge in [-0.1, -0.05) is 64.7 Å². The van der Waals surface area contributed by atoms with Gasteiger partial charge in [-0.3, -0.25) is 14.1 Å². The van der Waals surface area contributed by atoms with E-state index in [1.54, 1.807) is 0 Å². The molecular formula is C25H49NaO8S. The van der Waals surface area contributed by atoms with Gasteiger partial charge in [0.1, 0.15) is 0 Å². The standard InChI is InChI=1S/C21H43O.C4H6O7S.Na/c1-3-5-6-7-8-9-10-11-12-13-14-15-16-17-18-19-21-22-20-4-2;5-3(6)1-2(4(7)8)12(9,10)11;/h2-21H2,1H3;2H,1H2,(H,5,6)(H,7,8)(H,9,10,11);. The van der Waals surface area contributed by atoms with E-state index in [1.165, 1.54) is 141 Å². The monoisotopic (exact) mass is 532 g/mol. The zero-order valence-corrected chi connectivity index (χ0v) is 25.0. The van der Waals surface area contributed by atoms with Gasteiger partial charge in [0.15, 0.2) is 5.25 Å². The molecule has 1 atom stereocenters. The smallest absolute Gasteiger partial charge is 0.325 e. The number of ether oxygens (including phenoxy) is 1. The Bertz CT molecular complexity index is 578. The van der Waals surface area contributed by atoms with Gasteiger partial charge in [-0.2, -0.15) is 8.42 Å². The van der Waals surface area contributed by atoms with Gasteiger partial charge in [0.2, 0.25) is 0 Å². The largest absolute Gasteiger partial charge is 0.481 e. The molecule has 0 spiro atoms. The number of carbonyl (C=O) groups is 2. The van der Waals surface area contributed by atoms with Crippen molar-refractivity contribution in [1.29, 1.82) is 0 Å². The first kappa shape index (κ1) is 37.0. The Hall–Kier alpha value is -0.190. The van der Waals surface area contributed by atoms with Gasteiger partial charge < -0.3 is 10.2 Å². The molecule has 0 amide bonds. The van der Waals surface area contributed by atoms with E-state index >= 15 is 0 Å². The third kappa shape index (κ3) is 29.9. The van der Waals surface area contributed by atoms with Crippen LogP contribution in [0.15, 0.2) is 0 Å². The molecule has 0 aromatic rings. The molecule has 0 heterocycles. The molecule has 0 aliphatic carbocycles. The van der Waals surface area contributed by atoms with Gasteiger partial charge >= 0.3 is 113 Å². The van der Waals surface area contributed by atoms with E-state index in [4.69, 9.17) is 19.5 Å². The van der Waals surface area contributed by atoms with Gasteiger partial charge in [0.05, 0.1) is 6.42 Å². The number of carboxylic acids is 2. The molecule has 0 fully saturated rings. The SMILES string of the molecule is CCCCCCCCCCCCCCCCCCOCC[CH2][Na].O=C(O)CC(C(=O)O)S(=O)(=O)O. The molecule has 0 saturated carbocycles. The van der Waals surface area contributed by atoms with Crippen molar-refractivity contribution in [3.05, 3.63) is 0 Å². The summed E-state index contributed by atoms with van der Waals surface area (Å²) in [6, 6.07) is 0. The summed E-state index contributed by atoms with van der Waals surface area (Å²) in [7, 11) is -4.84. The van der Waals surface area contributed by atoms with Crippen LogP contribution in [0.25, 0.3) is 0 Å². The number of unbranched alkanes of at least 4 members (excludes halogenated alkanes) is 15. The fourth-order valence-electron chi connectivity index (χ4n) is 3.58. The summed E-state index contributed by atoms with van der Waals surface area (Å²) in [5, 5.41) is 13.9. The van der Waals surface area contributed by atoms with E-state index < -0.39 is 33.7 Å². The maximum atomic E-state index is 10.2. The van der Waals surface area contributed by atoms with Crippen molar-refractivity contribution in [1.82, 2.24) is 0 Å². The van der Waals surface area contributed by atoms with E-state index in [0.29, 0.717) is 0 Å². The molecule has 0 saturated heterocycles. The van der Waals surface area contributed by atoms with Crippen molar-refractivity contribution >= 4 is 50.0 Å². The van der Waals surface area contributed by atoms with Crippen LogP contribution < -0.4 is 0 Å². The number of hydrogen-bond acceptors (Lipinski definition) is 5. The zero-order valence-electron chi connectivity index (χ0n) is 22.2. The Morgan fingerprint density at radius 2 is 1.09 bits per heavy atom. The topological polar surface area (TPSA) is 138 Å². The van der Waals surface area contributed by atoms with Crippen LogP contribution in [-0.2, 0) is 24.4 Å². The van der Waals surface area contributed by atoms with Crippen LogP contribution in [0.2, 0.25) is 3.67 Å². The summed E-state index contributed by atoms with van der Waals surface area (Å²) in [6.07, 6.45) is 23.2. The van der Waals surface area contributed by atoms with Crippen molar-refractivity contribution in [2.75, 3.05) is 13.2 Å². The minimum Gasteiger partial charge on any atom is -0.481 e. The van der Waals surface area contributed by atoms with E-state index in [1.807, 2.05) is 0 Å². The van der Waals surface area contributed by atoms with Crippen LogP contribution in [0.1, 0.15) is 122 Å². The molecule has 1 unspecified atom stereocenters. The Morgan fingerprint density at radius 3 is 1.37 bits per heavy atom. The summed E-state index contributed by atoms with van der Waals surface area (Å²) < 4.78 is 35.7. The first-order valence-corrected chi connectivity index (χ1v) is 16.6. The molecule has 3 N–H and O–H groups in total. The maximum Gasteiger partial charge on any atom is 0.325 e. The second-order valence-corrected chi connectivity index (χ2v) is 11.8. The molecule has 0 aromatic carbocycles. The van der Waals surface area contributed by atoms with Crippen LogP contribution in [0.3, 0.4) is 0 Å². The molecule has 10 heteroatoms. The van der Waals surface area contributed by atoms with Crippen LogP contribution >= 0.6 is 0 Å². The summed E-state index contributed by atoms with van der Waals surface area (Å²) >= 11 is 1.33. The molecule has 0 rings (SSSR count). The average molecular weight is 533 g/mol. The molecule has 8 nitrogen and oxygen atoms in total. The minimum absolute atomic E-state index is 1.00. The Balaban J connectivity index is 0. The van der Waals surface area contributed by atoms with Gasteiger partial charge in [-0.05, 0) is 0 Å². The van der Waals surface area contributed by atoms with Crippen molar-refractivity contribution in [3.8, 4) is 0 Å². The summed E-state index contributed by atoms with van der Waals surface area (Å²) in [5.41, 5.74) is 0. The van der Waals surface area contributed by atoms with E-state index in [2.05, 4.69) is 6.92 Å². The average Bonchev–Trinajstić information content (AvgIpc) is 2.78. The van der Waals surface area contributed by atoms with Crippen LogP contribution in [-0.4, -0.2) is 81.5 Å². The Labute approximate surface area is 231 Å². The second kappa shape index (κ2) is 26.9. The summed E-state index contributed by atoms with van der Waals surface area (Å²) in [4.78, 5) is 20.0. The fourth-order valence-corrected chi connectivity index (χ4v) is 4.48. The van der Waals surface area contributed by atoms with Gasteiger partial charge in [0, 0.05) is 0 Å². The van der Waals surface area contributed by atoms with Crippen molar-refractivity contribution in [2.24, 2.45) is 0 Å². The number of rotatable bonds is 24. The third-order valence-corrected chi connectivity index (χ3v) is 7.57. The van der Waals surface area contributed by atoms with Crippen LogP contribution in [0.4, 0.5) is 0 Å². The third-order valence-electron chi connectivity index (χ3n) is 5.78. The number of hydrogen-bond donors (Lipinski definition) is 3. The molecule has 0 aromatic heterocycles. The number of aliphatic carboxylic acids is 2. The Morgan fingerprint density at radius 1 is 0.714 bits per heavy atom. The van der Waals surface area contributed by atoms with Crippen molar-refractivity contribution in [3.63, 3.8) is 0 Å². The first-order valence-electron chi connectivity index (χ1n) is 13.6. The van der Waals surface area contributed by atoms with E-state index in [0.717, 1.165) is 13.2 Å². The van der Waals surface area contributed by atoms with Crippen molar-refractivity contribution < 1.29 is 37.5 Å². The van der Waals surface area contributed by atoms with Crippen LogP contribution in [0, 0.1) is 0 Å². The second-order valence-electron chi connectivity index (χ2n) is 9.21. The van der Waals surface area contributed by atoms with Gasteiger partial charge in [-0.25, -0.2) is 0 Å². The quantitative estimate of drug-likeness (QED) is 0.0776. The number of carboxylic acid groups (broad SMARTS) is 2. The Kier molecular flexibility index (Phi) is 28.4. The van der Waals surface area contributed by atoms with Crippen LogP contribution in [0.5, 0.6) is 0 Å². The molecule has 0 aliphatic heterocycles. The summed E-state index contributed by atoms with van der Waals surface area (Å²) in [6.45, 7) is 4.30. The summed E-state index contributed by atoms with van der Waals surface area (Å²) in [5.74, 6) is -3.50. The minimum atomic E-state index is -4.84. The molecule has 0 bridgehead atoms. The molecule has 204 valence electrons. The van der Waals surface area contributed by atoms with E-state index in [9.17, 15) is 18.0 Å². The fraction of sp³-hybridized carbons (Fsp3) is 0.920. The predicted octanol–water partition coefficient (Wildman–Crippen LogP) is 6.04. The molecular weight excluding hydrogens is 483 g/mol. The van der Waals surface area contributed by atoms with Crippen molar-refractivity contribution in [2.45, 2.75) is 131 Å². The first-order chi connectivity index (χ1) is 16.7. The zero-order chi connectivity index (χ0) is 26.8. The molecule has 0 aliphatic rings. The normalized spacial score (nSPS) is 12.1. The molecule has 0 radical (unpaired) electrons. The van der Waals surface area contributed by atoms with Gasteiger partial charge in [0.25, 0.3) is 10.1 Å². The molecule has 35 heavy (non-hydrogen) atoms. The maximum absolute atomic E-state index is 10.2. The predicted molar refractivity (Wildman–Crippen MR) is 141 cm³/mol. The van der Waals surface area contributed by atoms with E-state index in [-0.39, 0.29) is 0 Å².